The molecule has 3 aliphatic rings. The minimum atomic E-state index is -0.694. The molecule has 0 aromatic carbocycles. The summed E-state index contributed by atoms with van der Waals surface area (Å²) in [4.78, 5) is 43.0. The van der Waals surface area contributed by atoms with Crippen LogP contribution in [0.15, 0.2) is 24.5 Å². The Hall–Kier alpha value is -2.51. The maximum Gasteiger partial charge on any atom is 0.245 e. The van der Waals surface area contributed by atoms with Crippen LogP contribution in [0, 0.1) is 23.7 Å². The van der Waals surface area contributed by atoms with Crippen molar-refractivity contribution in [2.45, 2.75) is 58.5 Å². The summed E-state index contributed by atoms with van der Waals surface area (Å²) in [6, 6.07) is -0.694. The van der Waals surface area contributed by atoms with Gasteiger partial charge in [-0.2, -0.15) is 0 Å². The number of carbonyl (C=O) groups excluding carboxylic acids is 3. The van der Waals surface area contributed by atoms with Crippen molar-refractivity contribution in [3.8, 4) is 0 Å². The Morgan fingerprint density at radius 2 is 1.87 bits per heavy atom. The summed E-state index contributed by atoms with van der Waals surface area (Å²) in [6.07, 6.45) is 11.1. The van der Waals surface area contributed by atoms with Gasteiger partial charge in [0.2, 0.25) is 17.7 Å². The molecule has 2 fully saturated rings. The molecule has 30 heavy (non-hydrogen) atoms. The molecule has 3 heterocycles. The molecule has 2 saturated heterocycles. The number of rotatable bonds is 6. The molecular formula is C22H31N5O3. The van der Waals surface area contributed by atoms with Gasteiger partial charge >= 0.3 is 0 Å². The lowest BCUT2D eigenvalue weighted by Gasteiger charge is -2.37. The van der Waals surface area contributed by atoms with E-state index in [4.69, 9.17) is 0 Å². The molecule has 8 nitrogen and oxygen atoms in total. The molecule has 0 saturated carbocycles. The largest absolute Gasteiger partial charge is 0.341 e. The first-order chi connectivity index (χ1) is 14.5. The van der Waals surface area contributed by atoms with E-state index in [1.807, 2.05) is 37.1 Å². The lowest BCUT2D eigenvalue weighted by atomic mass is 9.85. The number of imide groups is 1. The number of allylic oxidation sites excluding steroid dienone is 2. The Kier molecular flexibility index (Phi) is 6.01. The van der Waals surface area contributed by atoms with Gasteiger partial charge in [-0.15, -0.1) is 5.10 Å². The van der Waals surface area contributed by atoms with E-state index in [-0.39, 0.29) is 35.5 Å². The van der Waals surface area contributed by atoms with E-state index in [1.54, 1.807) is 10.9 Å². The topological polar surface area (TPSA) is 88.4 Å². The molecule has 1 aromatic rings. The molecule has 1 aliphatic carbocycles. The van der Waals surface area contributed by atoms with Gasteiger partial charge in [-0.25, -0.2) is 0 Å². The van der Waals surface area contributed by atoms with Crippen LogP contribution in [-0.2, 0) is 20.9 Å². The summed E-state index contributed by atoms with van der Waals surface area (Å²) >= 11 is 0. The number of piperidine rings is 1. The molecule has 1 aromatic heterocycles. The van der Waals surface area contributed by atoms with Gasteiger partial charge in [-0.1, -0.05) is 31.2 Å². The van der Waals surface area contributed by atoms with Gasteiger partial charge < -0.3 is 4.90 Å². The predicted molar refractivity (Wildman–Crippen MR) is 110 cm³/mol. The maximum atomic E-state index is 13.6. The van der Waals surface area contributed by atoms with Crippen LogP contribution < -0.4 is 0 Å². The number of fused-ring (bicyclic) bond motifs is 1. The number of nitrogens with zero attached hydrogens (tertiary/aromatic N) is 5. The van der Waals surface area contributed by atoms with E-state index in [0.717, 1.165) is 19.4 Å². The van der Waals surface area contributed by atoms with E-state index in [9.17, 15) is 14.4 Å². The van der Waals surface area contributed by atoms with Crippen molar-refractivity contribution < 1.29 is 14.4 Å². The highest BCUT2D eigenvalue weighted by Crippen LogP contribution is 2.37. The summed E-state index contributed by atoms with van der Waals surface area (Å²) in [7, 11) is 0. The quantitative estimate of drug-likeness (QED) is 0.525. The summed E-state index contributed by atoms with van der Waals surface area (Å²) in [6.45, 7) is 6.08. The molecule has 0 spiro atoms. The Morgan fingerprint density at radius 3 is 2.47 bits per heavy atom. The number of hydrogen-bond donors (Lipinski definition) is 0. The standard InChI is InChI=1S/C22H31N5O3/c1-15(2)12-19(27-20(28)17-7-3-4-8-18(17)21(27)29)22(30)25-10-5-6-16(13-25)14-26-11-9-23-24-26/h3-4,9,11,15-19H,5-8,10,12-14H2,1-2H3. The molecule has 162 valence electrons. The molecule has 3 amide bonds. The third-order valence-corrected chi connectivity index (χ3v) is 6.58. The molecule has 0 bridgehead atoms. The fraction of sp³-hybridized carbons (Fsp3) is 0.682. The Labute approximate surface area is 177 Å². The second kappa shape index (κ2) is 8.70. The lowest BCUT2D eigenvalue weighted by Crippen LogP contribution is -2.54. The molecule has 2 aliphatic heterocycles. The Morgan fingerprint density at radius 1 is 1.17 bits per heavy atom. The SMILES string of the molecule is CC(C)CC(C(=O)N1CCCC(Cn2ccnn2)C1)N1C(=O)C2CC=CCC2C1=O. The van der Waals surface area contributed by atoms with Gasteiger partial charge in [0.15, 0.2) is 0 Å². The van der Waals surface area contributed by atoms with Crippen LogP contribution in [0.3, 0.4) is 0 Å². The number of aromatic nitrogens is 3. The summed E-state index contributed by atoms with van der Waals surface area (Å²) in [5.41, 5.74) is 0. The predicted octanol–water partition coefficient (Wildman–Crippen LogP) is 1.88. The van der Waals surface area contributed by atoms with Crippen LogP contribution in [0.2, 0.25) is 0 Å². The van der Waals surface area contributed by atoms with Crippen molar-refractivity contribution >= 4 is 17.7 Å². The fourth-order valence-electron chi connectivity index (χ4n) is 5.12. The molecule has 4 unspecified atom stereocenters. The molecule has 0 N–H and O–H groups in total. The minimum absolute atomic E-state index is 0.0831. The van der Waals surface area contributed by atoms with Crippen LogP contribution in [0.25, 0.3) is 0 Å². The zero-order valence-corrected chi connectivity index (χ0v) is 17.8. The summed E-state index contributed by atoms with van der Waals surface area (Å²) < 4.78 is 1.80. The first-order valence-corrected chi connectivity index (χ1v) is 11.1. The molecule has 0 radical (unpaired) electrons. The number of hydrogen-bond acceptors (Lipinski definition) is 5. The first kappa shape index (κ1) is 20.8. The highest BCUT2D eigenvalue weighted by atomic mass is 16.2. The molecule has 4 rings (SSSR count). The van der Waals surface area contributed by atoms with Gasteiger partial charge in [-0.3, -0.25) is 24.0 Å². The van der Waals surface area contributed by atoms with Crippen molar-refractivity contribution in [2.24, 2.45) is 23.7 Å². The maximum absolute atomic E-state index is 13.6. The molecular weight excluding hydrogens is 382 g/mol. The third kappa shape index (κ3) is 4.04. The summed E-state index contributed by atoms with van der Waals surface area (Å²) in [5.74, 6) is -0.510. The Balaban J connectivity index is 1.51. The third-order valence-electron chi connectivity index (χ3n) is 6.58. The second-order valence-corrected chi connectivity index (χ2v) is 9.27. The van der Waals surface area contributed by atoms with Crippen molar-refractivity contribution in [3.05, 3.63) is 24.5 Å². The van der Waals surface area contributed by atoms with E-state index < -0.39 is 6.04 Å². The van der Waals surface area contributed by atoms with Crippen LogP contribution >= 0.6 is 0 Å². The highest BCUT2D eigenvalue weighted by molar-refractivity contribution is 6.08. The monoisotopic (exact) mass is 413 g/mol. The van der Waals surface area contributed by atoms with Crippen molar-refractivity contribution in [1.29, 1.82) is 0 Å². The second-order valence-electron chi connectivity index (χ2n) is 9.27. The van der Waals surface area contributed by atoms with Gasteiger partial charge in [0.25, 0.3) is 0 Å². The number of carbonyl (C=O) groups is 3. The molecule has 4 atom stereocenters. The highest BCUT2D eigenvalue weighted by Gasteiger charge is 2.51. The average molecular weight is 414 g/mol. The smallest absolute Gasteiger partial charge is 0.245 e. The lowest BCUT2D eigenvalue weighted by molar-refractivity contribution is -0.153. The minimum Gasteiger partial charge on any atom is -0.341 e. The Bertz CT molecular complexity index is 793. The fourth-order valence-corrected chi connectivity index (χ4v) is 5.12. The zero-order chi connectivity index (χ0) is 21.3. The number of likely N-dealkylation sites (tertiary alicyclic amines) is 2. The summed E-state index contributed by atoms with van der Waals surface area (Å²) in [5, 5.41) is 7.89. The van der Waals surface area contributed by atoms with E-state index in [2.05, 4.69) is 10.3 Å². The van der Waals surface area contributed by atoms with Crippen LogP contribution in [0.4, 0.5) is 0 Å². The van der Waals surface area contributed by atoms with E-state index in [1.165, 1.54) is 4.90 Å². The first-order valence-electron chi connectivity index (χ1n) is 11.1. The van der Waals surface area contributed by atoms with Gasteiger partial charge in [0.1, 0.15) is 6.04 Å². The van der Waals surface area contributed by atoms with Crippen LogP contribution in [0.1, 0.15) is 46.0 Å². The normalized spacial score (nSPS) is 27.6. The van der Waals surface area contributed by atoms with Gasteiger partial charge in [0, 0.05) is 25.8 Å². The molecule has 8 heteroatoms. The number of amides is 3. The van der Waals surface area contributed by atoms with Gasteiger partial charge in [-0.05, 0) is 43.9 Å². The van der Waals surface area contributed by atoms with Crippen LogP contribution in [-0.4, -0.2) is 61.6 Å². The zero-order valence-electron chi connectivity index (χ0n) is 17.8. The van der Waals surface area contributed by atoms with E-state index in [0.29, 0.717) is 38.3 Å². The van der Waals surface area contributed by atoms with E-state index >= 15 is 0 Å². The van der Waals surface area contributed by atoms with Crippen molar-refractivity contribution in [3.63, 3.8) is 0 Å². The van der Waals surface area contributed by atoms with Crippen molar-refractivity contribution in [2.75, 3.05) is 13.1 Å². The van der Waals surface area contributed by atoms with Crippen molar-refractivity contribution in [1.82, 2.24) is 24.8 Å². The van der Waals surface area contributed by atoms with Crippen LogP contribution in [0.5, 0.6) is 0 Å². The van der Waals surface area contributed by atoms with Gasteiger partial charge in [0.05, 0.1) is 18.0 Å². The average Bonchev–Trinajstić information content (AvgIpc) is 3.33.